The Labute approximate surface area is 430 Å². The first kappa shape index (κ1) is 40.9. The Morgan fingerprint density at radius 3 is 1.85 bits per heavy atom. The molecule has 4 atom stereocenters. The molecular formula is C66H74BN3O. The Morgan fingerprint density at radius 1 is 0.549 bits per heavy atom. The van der Waals surface area contributed by atoms with Crippen LogP contribution in [0.2, 0.25) is 0 Å². The van der Waals surface area contributed by atoms with Crippen LogP contribution >= 0.6 is 0 Å². The predicted octanol–water partition coefficient (Wildman–Crippen LogP) is 16.1. The molecule has 7 aromatic rings. The number of furan rings is 1. The number of hydrogen-bond acceptors (Lipinski definition) is 4. The van der Waals surface area contributed by atoms with Gasteiger partial charge < -0.3 is 14.2 Å². The first-order valence-electron chi connectivity index (χ1n) is 28.9. The van der Waals surface area contributed by atoms with E-state index in [9.17, 15) is 4.11 Å². The van der Waals surface area contributed by atoms with Gasteiger partial charge in [-0.05, 0) is 143 Å². The smallest absolute Gasteiger partial charge is 0.257 e. The first-order valence-corrected chi connectivity index (χ1v) is 26.9. The van der Waals surface area contributed by atoms with E-state index in [1.807, 2.05) is 0 Å². The van der Waals surface area contributed by atoms with Gasteiger partial charge in [-0.15, -0.1) is 0 Å². The summed E-state index contributed by atoms with van der Waals surface area (Å²) in [6.07, 6.45) is 8.19. The minimum Gasteiger partial charge on any atom is -0.440 e. The Bertz CT molecular complexity index is 3620. The Hall–Kier alpha value is -5.68. The molecule has 0 N–H and O–H groups in total. The van der Waals surface area contributed by atoms with Crippen LogP contribution < -0.4 is 31.1 Å². The number of benzene rings is 6. The zero-order valence-electron chi connectivity index (χ0n) is 48.6. The lowest BCUT2D eigenvalue weighted by atomic mass is 9.33. The lowest BCUT2D eigenvalue weighted by Gasteiger charge is -2.53. The molecule has 1 aromatic heterocycles. The monoisotopic (exact) mass is 940 g/mol. The quantitative estimate of drug-likeness (QED) is 0.165. The molecule has 4 aliphatic heterocycles. The van der Waals surface area contributed by atoms with Gasteiger partial charge >= 0.3 is 0 Å². The number of anilines is 7. The van der Waals surface area contributed by atoms with Gasteiger partial charge in [0.25, 0.3) is 6.71 Å². The van der Waals surface area contributed by atoms with E-state index in [2.05, 4.69) is 196 Å². The maximum atomic E-state index is 9.90. The molecule has 0 radical (unpaired) electrons. The van der Waals surface area contributed by atoms with Gasteiger partial charge in [-0.2, -0.15) is 0 Å². The molecule has 6 aromatic carbocycles. The van der Waals surface area contributed by atoms with Crippen LogP contribution in [-0.4, -0.2) is 17.8 Å². The molecule has 2 fully saturated rings. The molecule has 2 aliphatic carbocycles. The van der Waals surface area contributed by atoms with E-state index in [0.717, 1.165) is 95.6 Å². The van der Waals surface area contributed by atoms with Crippen molar-refractivity contribution in [2.24, 2.45) is 0 Å². The molecule has 6 aliphatic rings. The fourth-order valence-corrected chi connectivity index (χ4v) is 14.9. The molecule has 2 saturated carbocycles. The van der Waals surface area contributed by atoms with E-state index in [1.165, 1.54) is 56.4 Å². The third-order valence-corrected chi connectivity index (χ3v) is 19.5. The summed E-state index contributed by atoms with van der Waals surface area (Å²) in [7, 11) is 0. The van der Waals surface area contributed by atoms with Crippen LogP contribution in [0.3, 0.4) is 0 Å². The van der Waals surface area contributed by atoms with Gasteiger partial charge in [-0.3, -0.25) is 4.90 Å². The Kier molecular flexibility index (Phi) is 8.35. The minimum absolute atomic E-state index is 0.0395. The lowest BCUT2D eigenvalue weighted by Crippen LogP contribution is -2.64. The van der Waals surface area contributed by atoms with Crippen LogP contribution in [-0.2, 0) is 27.1 Å². The lowest BCUT2D eigenvalue weighted by molar-refractivity contribution is 0.194. The average Bonchev–Trinajstić information content (AvgIpc) is 4.06. The van der Waals surface area contributed by atoms with Crippen molar-refractivity contribution in [2.75, 3.05) is 14.7 Å². The van der Waals surface area contributed by atoms with Gasteiger partial charge in [0, 0.05) is 55.7 Å². The van der Waals surface area contributed by atoms with Gasteiger partial charge in [0.1, 0.15) is 5.58 Å². The van der Waals surface area contributed by atoms with E-state index in [0.29, 0.717) is 5.69 Å². The van der Waals surface area contributed by atoms with Gasteiger partial charge in [0.15, 0.2) is 0 Å². The molecule has 71 heavy (non-hydrogen) atoms. The summed E-state index contributed by atoms with van der Waals surface area (Å²) < 4.78 is 45.5. The number of nitrogens with zero attached hydrogens (tertiary/aromatic N) is 3. The number of hydrogen-bond donors (Lipinski definition) is 0. The van der Waals surface area contributed by atoms with Crippen molar-refractivity contribution in [3.05, 3.63) is 143 Å². The van der Waals surface area contributed by atoms with Crippen molar-refractivity contribution < 1.29 is 9.90 Å². The highest BCUT2D eigenvalue weighted by molar-refractivity contribution is 7.01. The molecule has 4 nitrogen and oxygen atoms in total. The normalized spacial score (nSPS) is 26.0. The van der Waals surface area contributed by atoms with Gasteiger partial charge in [0.2, 0.25) is 5.88 Å². The van der Waals surface area contributed by atoms with Crippen LogP contribution in [0.4, 0.5) is 40.0 Å². The van der Waals surface area contributed by atoms with Crippen LogP contribution in [0.5, 0.6) is 0 Å². The fourth-order valence-electron chi connectivity index (χ4n) is 14.9. The molecule has 0 spiro atoms. The highest BCUT2D eigenvalue weighted by Gasteiger charge is 2.63. The summed E-state index contributed by atoms with van der Waals surface area (Å²) in [6, 6.07) is 34.7. The van der Waals surface area contributed by atoms with Gasteiger partial charge in [-0.1, -0.05) is 175 Å². The molecule has 13 rings (SSSR count). The molecule has 0 saturated heterocycles. The van der Waals surface area contributed by atoms with Gasteiger partial charge in [-0.25, -0.2) is 0 Å². The molecular weight excluding hydrogens is 862 g/mol. The van der Waals surface area contributed by atoms with Crippen LogP contribution in [0.1, 0.15) is 175 Å². The third-order valence-electron chi connectivity index (χ3n) is 19.5. The Morgan fingerprint density at radius 2 is 1.15 bits per heavy atom. The van der Waals surface area contributed by atoms with Crippen molar-refractivity contribution in [1.82, 2.24) is 0 Å². The second-order valence-corrected chi connectivity index (χ2v) is 26.5. The second-order valence-electron chi connectivity index (χ2n) is 26.5. The predicted molar refractivity (Wildman–Crippen MR) is 303 cm³/mol. The zero-order chi connectivity index (χ0) is 53.1. The van der Waals surface area contributed by atoms with Crippen LogP contribution in [0, 0.1) is 0 Å². The van der Waals surface area contributed by atoms with Crippen molar-refractivity contribution in [3.63, 3.8) is 0 Å². The summed E-state index contributed by atoms with van der Waals surface area (Å²) >= 11 is 0. The van der Waals surface area contributed by atoms with E-state index in [-0.39, 0.29) is 58.1 Å². The summed E-state index contributed by atoms with van der Waals surface area (Å²) in [5.41, 5.74) is 17.4. The highest BCUT2D eigenvalue weighted by atomic mass is 16.4. The van der Waals surface area contributed by atoms with Crippen molar-refractivity contribution in [2.45, 2.75) is 180 Å². The zero-order valence-corrected chi connectivity index (χ0v) is 44.6. The summed E-state index contributed by atoms with van der Waals surface area (Å²) in [5, 5.41) is 1.15. The molecule has 0 amide bonds. The standard InChI is InChI=1S/C66H74BN3O/c1-60(2,3)42-27-29-51(46(35-42)41-23-15-14-16-24-41)68-53-39-45(69-52-26-18-17-25-48(52)63(10)31-19-21-33-65(63,69)12)40-54-57(53)67(56-47-36-43(61(4,5)6)28-30-55(47)71-59(56)68)50-38-44(62(7,8)9)37-49-58(50)70(54)66(13)34-22-20-32-64(49,66)11/h14-18,23-30,35-40H,19-22,31-34H2,1-13H3/i17D,18D,25D,26D. The number of rotatable bonds is 3. The molecule has 0 bridgehead atoms. The van der Waals surface area contributed by atoms with E-state index < -0.39 is 11.0 Å². The van der Waals surface area contributed by atoms with Crippen LogP contribution in [0.25, 0.3) is 22.1 Å². The highest BCUT2D eigenvalue weighted by Crippen LogP contribution is 2.65. The van der Waals surface area contributed by atoms with E-state index >= 15 is 0 Å². The Balaban J connectivity index is 1.23. The third kappa shape index (κ3) is 5.93. The molecule has 362 valence electrons. The summed E-state index contributed by atoms with van der Waals surface area (Å²) in [6.45, 7) is 30.5. The topological polar surface area (TPSA) is 22.9 Å². The maximum Gasteiger partial charge on any atom is 0.257 e. The average molecular weight is 940 g/mol. The van der Waals surface area contributed by atoms with Gasteiger partial charge in [0.05, 0.1) is 22.2 Å². The summed E-state index contributed by atoms with van der Waals surface area (Å²) in [5.74, 6) is 0.825. The summed E-state index contributed by atoms with van der Waals surface area (Å²) in [4.78, 5) is 7.69. The first-order chi connectivity index (χ1) is 35.2. The van der Waals surface area contributed by atoms with E-state index in [4.69, 9.17) is 5.79 Å². The molecule has 4 unspecified atom stereocenters. The number of fused-ring (bicyclic) bond motifs is 12. The molecule has 5 heterocycles. The van der Waals surface area contributed by atoms with Crippen molar-refractivity contribution >= 4 is 74.1 Å². The van der Waals surface area contributed by atoms with E-state index in [1.54, 1.807) is 0 Å². The van der Waals surface area contributed by atoms with Crippen molar-refractivity contribution in [3.8, 4) is 11.1 Å². The maximum absolute atomic E-state index is 9.90. The fraction of sp³-hybridized carbons (Fsp3) is 0.424. The van der Waals surface area contributed by atoms with Crippen molar-refractivity contribution in [1.29, 1.82) is 0 Å². The minimum atomic E-state index is -0.551. The number of para-hydroxylation sites is 1. The SMILES string of the molecule is [2H]c1c([2H])c([2H])c2c(c1[2H])N(c1cc3c4c(c1)N1c5c(cc(C(C)(C)C)cc5C5(C)CCCCC15C)B4c1c(oc4ccc(C(C)(C)C)cc14)N3c1ccc(C(C)(C)C)cc1-c1ccccc1)C1(C)CCCCC21C. The molecule has 5 heteroatoms. The largest absolute Gasteiger partial charge is 0.440 e. The van der Waals surface area contributed by atoms with Crippen LogP contribution in [0.15, 0.2) is 120 Å². The second kappa shape index (κ2) is 14.5.